The maximum Gasteiger partial charge on any atom is 0.212 e. The second kappa shape index (κ2) is 8.39. The number of benzene rings is 2. The van der Waals surface area contributed by atoms with Gasteiger partial charge in [0, 0.05) is 13.1 Å². The fourth-order valence-corrected chi connectivity index (χ4v) is 4.35. The highest BCUT2D eigenvalue weighted by Crippen LogP contribution is 2.19. The molecule has 6 nitrogen and oxygen atoms in total. The van der Waals surface area contributed by atoms with Crippen molar-refractivity contribution in [2.75, 3.05) is 12.3 Å². The van der Waals surface area contributed by atoms with Crippen LogP contribution in [0.2, 0.25) is 0 Å². The molecule has 2 heterocycles. The van der Waals surface area contributed by atoms with Crippen LogP contribution >= 0.6 is 12.4 Å². The molecule has 0 bridgehead atoms. The number of hydrogen-bond acceptors (Lipinski definition) is 4. The number of nitrogens with zero attached hydrogens (tertiary/aromatic N) is 2. The minimum absolute atomic E-state index is 0. The van der Waals surface area contributed by atoms with Gasteiger partial charge in [0.25, 0.3) is 0 Å². The number of sulfonamides is 1. The van der Waals surface area contributed by atoms with Crippen molar-refractivity contribution in [2.24, 2.45) is 0 Å². The van der Waals surface area contributed by atoms with Gasteiger partial charge in [0.15, 0.2) is 0 Å². The van der Waals surface area contributed by atoms with Crippen LogP contribution in [-0.4, -0.2) is 30.5 Å². The highest BCUT2D eigenvalue weighted by atomic mass is 35.5. The fraction of sp³-hybridized carbons (Fsp3) is 0.316. The molecule has 0 saturated carbocycles. The molecule has 2 aromatic carbocycles. The first-order chi connectivity index (χ1) is 12.6. The molecule has 4 rings (SSSR count). The lowest BCUT2D eigenvalue weighted by molar-refractivity contribution is 0.473. The van der Waals surface area contributed by atoms with Crippen LogP contribution in [0.3, 0.4) is 0 Å². The van der Waals surface area contributed by atoms with Gasteiger partial charge in [0.2, 0.25) is 10.0 Å². The highest BCUT2D eigenvalue weighted by Gasteiger charge is 2.15. The molecule has 0 amide bonds. The predicted molar refractivity (Wildman–Crippen MR) is 109 cm³/mol. The standard InChI is InChI=1S/C19H22N4O2S.ClH/c24-26(25,21-13-17-12-18-14-20-9-10-23(18)22-17)11-8-16-6-3-5-15-4-1-2-7-19(15)16;/h1-7,12,20-21H,8-11,13-14H2;1H. The first-order valence-corrected chi connectivity index (χ1v) is 10.5. The maximum atomic E-state index is 12.4. The predicted octanol–water partition coefficient (Wildman–Crippen LogP) is 2.22. The van der Waals surface area contributed by atoms with E-state index in [9.17, 15) is 8.42 Å². The summed E-state index contributed by atoms with van der Waals surface area (Å²) in [6.07, 6.45) is 0.486. The summed E-state index contributed by atoms with van der Waals surface area (Å²) in [5, 5.41) is 9.99. The topological polar surface area (TPSA) is 76.0 Å². The third-order valence-corrected chi connectivity index (χ3v) is 6.04. The van der Waals surface area contributed by atoms with Gasteiger partial charge in [-0.1, -0.05) is 42.5 Å². The Morgan fingerprint density at radius 3 is 2.81 bits per heavy atom. The quantitative estimate of drug-likeness (QED) is 0.658. The number of nitrogens with one attached hydrogen (secondary N) is 2. The van der Waals surface area contributed by atoms with Crippen LogP contribution in [0.25, 0.3) is 10.8 Å². The zero-order valence-corrected chi connectivity index (χ0v) is 16.5. The van der Waals surface area contributed by atoms with Crippen molar-refractivity contribution >= 4 is 33.2 Å². The molecule has 0 radical (unpaired) electrons. The average Bonchev–Trinajstić information content (AvgIpc) is 3.08. The summed E-state index contributed by atoms with van der Waals surface area (Å²) in [7, 11) is -3.36. The third kappa shape index (κ3) is 4.68. The molecule has 1 aromatic heterocycles. The summed E-state index contributed by atoms with van der Waals surface area (Å²) >= 11 is 0. The van der Waals surface area contributed by atoms with E-state index in [4.69, 9.17) is 0 Å². The van der Waals surface area contributed by atoms with Crippen molar-refractivity contribution in [3.63, 3.8) is 0 Å². The molecule has 1 aliphatic rings. The first-order valence-electron chi connectivity index (χ1n) is 8.81. The van der Waals surface area contributed by atoms with Crippen LogP contribution in [-0.2, 0) is 36.1 Å². The van der Waals surface area contributed by atoms with Gasteiger partial charge >= 0.3 is 0 Å². The van der Waals surface area contributed by atoms with E-state index >= 15 is 0 Å². The Morgan fingerprint density at radius 1 is 1.15 bits per heavy atom. The van der Waals surface area contributed by atoms with E-state index in [1.54, 1.807) is 0 Å². The van der Waals surface area contributed by atoms with Crippen LogP contribution in [0, 0.1) is 0 Å². The van der Waals surface area contributed by atoms with Gasteiger partial charge in [0.1, 0.15) is 0 Å². The molecule has 2 N–H and O–H groups in total. The van der Waals surface area contributed by atoms with Gasteiger partial charge in [-0.25, -0.2) is 13.1 Å². The van der Waals surface area contributed by atoms with E-state index in [-0.39, 0.29) is 24.7 Å². The lowest BCUT2D eigenvalue weighted by Crippen LogP contribution is -2.28. The van der Waals surface area contributed by atoms with E-state index in [1.165, 1.54) is 0 Å². The average molecular weight is 407 g/mol. The monoisotopic (exact) mass is 406 g/mol. The Balaban J connectivity index is 0.00000210. The summed E-state index contributed by atoms with van der Waals surface area (Å²) in [5.41, 5.74) is 2.91. The molecule has 0 aliphatic carbocycles. The first kappa shape index (κ1) is 19.8. The van der Waals surface area contributed by atoms with Crippen molar-refractivity contribution < 1.29 is 8.42 Å². The lowest BCUT2D eigenvalue weighted by Gasteiger charge is -2.13. The summed E-state index contributed by atoms with van der Waals surface area (Å²) in [6.45, 7) is 2.73. The van der Waals surface area contributed by atoms with Gasteiger partial charge in [0.05, 0.1) is 30.2 Å². The molecule has 27 heavy (non-hydrogen) atoms. The van der Waals surface area contributed by atoms with Gasteiger partial charge in [-0.3, -0.25) is 4.68 Å². The number of halogens is 1. The van der Waals surface area contributed by atoms with Gasteiger partial charge in [-0.15, -0.1) is 12.4 Å². The van der Waals surface area contributed by atoms with Crippen LogP contribution in [0.4, 0.5) is 0 Å². The Kier molecular flexibility index (Phi) is 6.16. The number of aryl methyl sites for hydroxylation is 1. The lowest BCUT2D eigenvalue weighted by atomic mass is 10.0. The SMILES string of the molecule is Cl.O=S(=O)(CCc1cccc2ccccc12)NCc1cc2n(n1)CCNC2. The van der Waals surface area contributed by atoms with E-state index in [2.05, 4.69) is 15.1 Å². The third-order valence-electron chi connectivity index (χ3n) is 4.71. The van der Waals surface area contributed by atoms with Crippen LogP contribution < -0.4 is 10.0 Å². The minimum Gasteiger partial charge on any atom is -0.309 e. The second-order valence-electron chi connectivity index (χ2n) is 6.56. The van der Waals surface area contributed by atoms with Crippen molar-refractivity contribution in [3.05, 3.63) is 65.5 Å². The molecule has 8 heteroatoms. The maximum absolute atomic E-state index is 12.4. The number of rotatable bonds is 6. The van der Waals surface area contributed by atoms with E-state index < -0.39 is 10.0 Å². The molecule has 0 spiro atoms. The molecule has 0 fully saturated rings. The number of aromatic nitrogens is 2. The summed E-state index contributed by atoms with van der Waals surface area (Å²) in [6, 6.07) is 16.0. The Morgan fingerprint density at radius 2 is 1.96 bits per heavy atom. The van der Waals surface area contributed by atoms with Crippen LogP contribution in [0.5, 0.6) is 0 Å². The van der Waals surface area contributed by atoms with E-state index in [1.807, 2.05) is 53.2 Å². The second-order valence-corrected chi connectivity index (χ2v) is 8.48. The van der Waals surface area contributed by atoms with Gasteiger partial charge in [-0.05, 0) is 28.8 Å². The Hall–Kier alpha value is -1.93. The van der Waals surface area contributed by atoms with Crippen molar-refractivity contribution in [2.45, 2.75) is 26.1 Å². The molecule has 0 atom stereocenters. The Labute approximate surface area is 165 Å². The molecular formula is C19H23ClN4O2S. The van der Waals surface area contributed by atoms with Crippen molar-refractivity contribution in [3.8, 4) is 0 Å². The van der Waals surface area contributed by atoms with Crippen molar-refractivity contribution in [1.29, 1.82) is 0 Å². The molecule has 1 aliphatic heterocycles. The molecule has 0 unspecified atom stereocenters. The molecular weight excluding hydrogens is 384 g/mol. The smallest absolute Gasteiger partial charge is 0.212 e. The minimum atomic E-state index is -3.36. The normalized spacial score (nSPS) is 13.9. The summed E-state index contributed by atoms with van der Waals surface area (Å²) in [5.74, 6) is 0.0656. The summed E-state index contributed by atoms with van der Waals surface area (Å²) < 4.78 is 29.4. The van der Waals surface area contributed by atoms with E-state index in [0.29, 0.717) is 6.42 Å². The van der Waals surface area contributed by atoms with Gasteiger partial charge in [-0.2, -0.15) is 5.10 Å². The van der Waals surface area contributed by atoms with Gasteiger partial charge < -0.3 is 5.32 Å². The summed E-state index contributed by atoms with van der Waals surface area (Å²) in [4.78, 5) is 0. The zero-order chi connectivity index (χ0) is 18.0. The van der Waals surface area contributed by atoms with Crippen LogP contribution in [0.1, 0.15) is 17.0 Å². The fourth-order valence-electron chi connectivity index (χ4n) is 3.35. The Bertz CT molecular complexity index is 1000. The molecule has 0 saturated heterocycles. The molecule has 3 aromatic rings. The molecule has 144 valence electrons. The van der Waals surface area contributed by atoms with Crippen molar-refractivity contribution in [1.82, 2.24) is 19.8 Å². The zero-order valence-electron chi connectivity index (χ0n) is 14.9. The highest BCUT2D eigenvalue weighted by molar-refractivity contribution is 7.89. The van der Waals surface area contributed by atoms with E-state index in [0.717, 1.165) is 47.4 Å². The van der Waals surface area contributed by atoms with Crippen LogP contribution in [0.15, 0.2) is 48.5 Å². The largest absolute Gasteiger partial charge is 0.309 e. The number of hydrogen-bond donors (Lipinski definition) is 2. The number of fused-ring (bicyclic) bond motifs is 2.